The molecule has 13 heteroatoms. The number of ketones is 1. The second-order valence-electron chi connectivity index (χ2n) is 14.7. The third-order valence-corrected chi connectivity index (χ3v) is 11.1. The van der Waals surface area contributed by atoms with Gasteiger partial charge in [-0.3, -0.25) is 14.7 Å². The Morgan fingerprint density at radius 1 is 1.17 bits per heavy atom. The average Bonchev–Trinajstić information content (AvgIpc) is 3.15. The first-order valence-electron chi connectivity index (χ1n) is 17.0. The second kappa shape index (κ2) is 14.3. The number of carbonyl (C=O) groups excluding carboxylic acids is 3. The van der Waals surface area contributed by atoms with Crippen molar-refractivity contribution in [1.29, 1.82) is 0 Å². The Balaban J connectivity index is 1.89. The third kappa shape index (κ3) is 6.63. The molecule has 1 unspecified atom stereocenters. The Morgan fingerprint density at radius 3 is 2.42 bits per heavy atom. The molecule has 4 heterocycles. The highest BCUT2D eigenvalue weighted by Gasteiger charge is 2.62. The first-order valence-corrected chi connectivity index (χ1v) is 17.0. The van der Waals surface area contributed by atoms with E-state index in [-0.39, 0.29) is 43.4 Å². The van der Waals surface area contributed by atoms with Crippen molar-refractivity contribution in [2.24, 2.45) is 22.7 Å². The monoisotopic (exact) mass is 679 g/mol. The maximum Gasteiger partial charge on any atom is 0.410 e. The van der Waals surface area contributed by atoms with E-state index in [1.54, 1.807) is 25.7 Å². The van der Waals surface area contributed by atoms with Gasteiger partial charge in [0.25, 0.3) is 5.67 Å². The van der Waals surface area contributed by atoms with Crippen molar-refractivity contribution in [2.45, 2.75) is 134 Å². The van der Waals surface area contributed by atoms with Crippen LogP contribution in [0.1, 0.15) is 74.1 Å². The molecule has 1 N–H and O–H groups in total. The number of ether oxygens (including phenoxy) is 5. The lowest BCUT2D eigenvalue weighted by Gasteiger charge is -2.47. The molecular formula is C35H54FN3O9. The standard InChI is InChI=1S/C35H54FN3O9/c1-12-14-35(36)28(41)22(6)29(47-30-26(40)23(38(9)10)17-20(4)45-30)33(7,44-11)18-19(3)25-21(5)27-34(8,24(13-2)46-31(35)42)48-32(43)39(27)16-15-37-25/h1,19-24,26-27,29-30,40H,13-18H2,2-11H3/t19-,20-,21-,22+,23+,24+,26-,27-,29+,30+,33+,34-,35?/m1/s1. The summed E-state index contributed by atoms with van der Waals surface area (Å²) in [5.41, 5.74) is -5.15. The molecule has 3 saturated heterocycles. The van der Waals surface area contributed by atoms with Crippen molar-refractivity contribution >= 4 is 23.6 Å². The smallest absolute Gasteiger partial charge is 0.410 e. The molecule has 4 rings (SSSR count). The van der Waals surface area contributed by atoms with Crippen LogP contribution in [0.5, 0.6) is 0 Å². The number of fused-ring (bicyclic) bond motifs is 1. The van der Waals surface area contributed by atoms with E-state index in [4.69, 9.17) is 35.1 Å². The van der Waals surface area contributed by atoms with Crippen LogP contribution in [0.25, 0.3) is 0 Å². The highest BCUT2D eigenvalue weighted by molar-refractivity contribution is 6.08. The minimum Gasteiger partial charge on any atom is -0.455 e. The van der Waals surface area contributed by atoms with Crippen LogP contribution in [-0.2, 0) is 33.3 Å². The van der Waals surface area contributed by atoms with E-state index >= 15 is 4.39 Å². The van der Waals surface area contributed by atoms with Crippen LogP contribution in [-0.4, -0.2) is 132 Å². The van der Waals surface area contributed by atoms with E-state index in [0.717, 1.165) is 5.71 Å². The number of alkyl halides is 1. The number of hydrogen-bond donors (Lipinski definition) is 1. The number of aliphatic hydroxyl groups excluding tert-OH is 1. The van der Waals surface area contributed by atoms with Gasteiger partial charge in [0.05, 0.1) is 36.8 Å². The van der Waals surface area contributed by atoms with Gasteiger partial charge in [-0.05, 0) is 60.0 Å². The number of nitrogens with zero attached hydrogens (tertiary/aromatic N) is 3. The molecule has 12 nitrogen and oxygen atoms in total. The molecule has 13 atom stereocenters. The van der Waals surface area contributed by atoms with Crippen LogP contribution < -0.4 is 0 Å². The molecule has 4 aliphatic heterocycles. The van der Waals surface area contributed by atoms with Gasteiger partial charge in [-0.25, -0.2) is 14.0 Å². The van der Waals surface area contributed by atoms with E-state index in [0.29, 0.717) is 13.0 Å². The SMILES string of the molecule is C#CCC1(F)C(=O)O[C@@H](CC)[C@@]2(C)OC(=O)N3CCN=C([C@H](C)C[C@](C)(OC)[C@@H](O[C@@H]4O[C@H](C)C[C@H](N(C)C)[C@H]4O)[C@@H](C)C1=O)[C@@H](C)[C@@H]32. The van der Waals surface area contributed by atoms with Gasteiger partial charge in [-0.15, -0.1) is 12.3 Å². The molecule has 48 heavy (non-hydrogen) atoms. The fourth-order valence-electron chi connectivity index (χ4n) is 8.53. The zero-order valence-corrected chi connectivity index (χ0v) is 30.0. The predicted octanol–water partition coefficient (Wildman–Crippen LogP) is 3.17. The van der Waals surface area contributed by atoms with Crippen molar-refractivity contribution in [3.05, 3.63) is 0 Å². The predicted molar refractivity (Wildman–Crippen MR) is 175 cm³/mol. The Kier molecular flexibility index (Phi) is 11.4. The van der Waals surface area contributed by atoms with Gasteiger partial charge in [0.2, 0.25) is 0 Å². The number of likely N-dealkylation sites (N-methyl/N-ethyl adjacent to an activating group) is 1. The normalized spacial score (nSPS) is 44.3. The lowest BCUT2D eigenvalue weighted by Crippen LogP contribution is -2.62. The number of aliphatic hydroxyl groups is 1. The van der Waals surface area contributed by atoms with Gasteiger partial charge in [0, 0.05) is 37.2 Å². The zero-order chi connectivity index (χ0) is 35.9. The number of aliphatic imine (C=N–C) groups is 1. The number of hydrogen-bond acceptors (Lipinski definition) is 11. The molecule has 0 aliphatic carbocycles. The molecule has 4 aliphatic rings. The molecule has 0 spiro atoms. The van der Waals surface area contributed by atoms with E-state index in [1.165, 1.54) is 14.0 Å². The van der Waals surface area contributed by atoms with Crippen molar-refractivity contribution in [2.75, 3.05) is 34.3 Å². The summed E-state index contributed by atoms with van der Waals surface area (Å²) in [6.07, 6.45) is 0.0847. The molecule has 0 saturated carbocycles. The van der Waals surface area contributed by atoms with E-state index < -0.39 is 77.7 Å². The number of carbonyl (C=O) groups is 3. The summed E-state index contributed by atoms with van der Waals surface area (Å²) in [5.74, 6) is -2.45. The fourth-order valence-corrected chi connectivity index (χ4v) is 8.53. The number of halogens is 1. The van der Waals surface area contributed by atoms with E-state index in [9.17, 15) is 19.5 Å². The molecule has 0 aromatic heterocycles. The minimum absolute atomic E-state index is 0.167. The first kappa shape index (κ1) is 38.2. The fraction of sp³-hybridized carbons (Fsp3) is 0.829. The van der Waals surface area contributed by atoms with Crippen molar-refractivity contribution in [3.8, 4) is 12.3 Å². The maximum absolute atomic E-state index is 17.1. The zero-order valence-electron chi connectivity index (χ0n) is 30.0. The highest BCUT2D eigenvalue weighted by Crippen LogP contribution is 2.44. The van der Waals surface area contributed by atoms with Crippen LogP contribution in [0.15, 0.2) is 4.99 Å². The number of Topliss-reactive ketones (excluding diaryl/α,β-unsaturated/α-hetero) is 1. The summed E-state index contributed by atoms with van der Waals surface area (Å²) >= 11 is 0. The van der Waals surface area contributed by atoms with Crippen LogP contribution >= 0.6 is 0 Å². The molecule has 2 bridgehead atoms. The molecular weight excluding hydrogens is 625 g/mol. The van der Waals surface area contributed by atoms with Crippen molar-refractivity contribution in [1.82, 2.24) is 9.80 Å². The van der Waals surface area contributed by atoms with Gasteiger partial charge >= 0.3 is 12.1 Å². The van der Waals surface area contributed by atoms with E-state index in [1.807, 2.05) is 39.8 Å². The molecule has 0 radical (unpaired) electrons. The van der Waals surface area contributed by atoms with Crippen LogP contribution in [0.3, 0.4) is 0 Å². The van der Waals surface area contributed by atoms with Crippen LogP contribution in [0.2, 0.25) is 0 Å². The van der Waals surface area contributed by atoms with E-state index in [2.05, 4.69) is 5.92 Å². The maximum atomic E-state index is 17.1. The number of methoxy groups -OCH3 is 1. The lowest BCUT2D eigenvalue weighted by atomic mass is 9.72. The molecule has 1 amide bonds. The number of esters is 1. The van der Waals surface area contributed by atoms with Gasteiger partial charge in [0.15, 0.2) is 17.7 Å². The Hall–Kier alpha value is -2.63. The highest BCUT2D eigenvalue weighted by atomic mass is 19.1. The van der Waals surface area contributed by atoms with Gasteiger partial charge in [-0.1, -0.05) is 27.7 Å². The van der Waals surface area contributed by atoms with Crippen molar-refractivity contribution in [3.63, 3.8) is 0 Å². The Labute approximate surface area is 284 Å². The van der Waals surface area contributed by atoms with Gasteiger partial charge in [-0.2, -0.15) is 0 Å². The largest absolute Gasteiger partial charge is 0.455 e. The minimum atomic E-state index is -3.26. The molecule has 0 aromatic carbocycles. The second-order valence-corrected chi connectivity index (χ2v) is 14.7. The molecule has 0 aromatic rings. The van der Waals surface area contributed by atoms with Gasteiger partial charge in [0.1, 0.15) is 12.2 Å². The lowest BCUT2D eigenvalue weighted by molar-refractivity contribution is -0.295. The van der Waals surface area contributed by atoms with Crippen molar-refractivity contribution < 1.29 is 47.6 Å². The summed E-state index contributed by atoms with van der Waals surface area (Å²) in [6, 6.07) is -0.935. The Bertz CT molecular complexity index is 1310. The van der Waals surface area contributed by atoms with Crippen LogP contribution in [0.4, 0.5) is 9.18 Å². The summed E-state index contributed by atoms with van der Waals surface area (Å²) in [6.45, 7) is 13.0. The molecule has 3 fully saturated rings. The number of rotatable bonds is 6. The van der Waals surface area contributed by atoms with Gasteiger partial charge < -0.3 is 33.7 Å². The molecule has 270 valence electrons. The number of amides is 1. The number of terminal acetylenes is 1. The third-order valence-electron chi connectivity index (χ3n) is 11.1. The first-order chi connectivity index (χ1) is 22.4. The summed E-state index contributed by atoms with van der Waals surface area (Å²) in [7, 11) is 5.15. The average molecular weight is 680 g/mol. The quantitative estimate of drug-likeness (QED) is 0.253. The van der Waals surface area contributed by atoms with Crippen LogP contribution in [0, 0.1) is 30.1 Å². The summed E-state index contributed by atoms with van der Waals surface area (Å²) in [5, 5.41) is 11.4. The topological polar surface area (TPSA) is 136 Å². The Morgan fingerprint density at radius 2 is 1.83 bits per heavy atom. The summed E-state index contributed by atoms with van der Waals surface area (Å²) in [4.78, 5) is 49.9. The number of cyclic esters (lactones) is 1. The summed E-state index contributed by atoms with van der Waals surface area (Å²) < 4.78 is 47.7.